The fraction of sp³-hybridized carbons (Fsp3) is 0.143. The fourth-order valence-electron chi connectivity index (χ4n) is 1.82. The van der Waals surface area contributed by atoms with Crippen LogP contribution in [0.4, 0.5) is 5.69 Å². The van der Waals surface area contributed by atoms with Crippen molar-refractivity contribution in [2.24, 2.45) is 10.9 Å². The lowest BCUT2D eigenvalue weighted by Crippen LogP contribution is -2.18. The van der Waals surface area contributed by atoms with Gasteiger partial charge in [0.2, 0.25) is 0 Å². The highest BCUT2D eigenvalue weighted by Gasteiger charge is 2.08. The number of aromatic nitrogens is 1. The van der Waals surface area contributed by atoms with Gasteiger partial charge in [0.15, 0.2) is 5.84 Å². The molecule has 4 N–H and O–H groups in total. The summed E-state index contributed by atoms with van der Waals surface area (Å²) in [6, 6.07) is 11.7. The van der Waals surface area contributed by atoms with Gasteiger partial charge in [0.25, 0.3) is 0 Å². The van der Waals surface area contributed by atoms with Gasteiger partial charge in [-0.25, -0.2) is 0 Å². The number of rotatable bonds is 4. The van der Waals surface area contributed by atoms with Crippen LogP contribution in [-0.2, 0) is 6.54 Å². The second kappa shape index (κ2) is 5.86. The summed E-state index contributed by atoms with van der Waals surface area (Å²) in [7, 11) is 0. The molecule has 0 unspecified atom stereocenters. The van der Waals surface area contributed by atoms with E-state index in [1.165, 1.54) is 0 Å². The molecule has 0 amide bonds. The van der Waals surface area contributed by atoms with E-state index in [4.69, 9.17) is 10.9 Å². The molecule has 1 aromatic heterocycles. The predicted molar refractivity (Wildman–Crippen MR) is 75.3 cm³/mol. The van der Waals surface area contributed by atoms with Crippen molar-refractivity contribution in [3.05, 3.63) is 59.4 Å². The molecule has 0 radical (unpaired) electrons. The van der Waals surface area contributed by atoms with E-state index in [-0.39, 0.29) is 5.84 Å². The van der Waals surface area contributed by atoms with Crippen molar-refractivity contribution in [1.82, 2.24) is 4.98 Å². The zero-order valence-corrected chi connectivity index (χ0v) is 10.7. The Bertz CT molecular complexity index is 596. The van der Waals surface area contributed by atoms with E-state index in [1.54, 1.807) is 6.20 Å². The second-order valence-corrected chi connectivity index (χ2v) is 4.16. The number of para-hydroxylation sites is 1. The lowest BCUT2D eigenvalue weighted by atomic mass is 10.1. The number of aryl methyl sites for hydroxylation is 1. The summed E-state index contributed by atoms with van der Waals surface area (Å²) >= 11 is 0. The molecular weight excluding hydrogens is 240 g/mol. The largest absolute Gasteiger partial charge is 0.409 e. The molecule has 0 spiro atoms. The molecule has 19 heavy (non-hydrogen) atoms. The third kappa shape index (κ3) is 3.01. The number of pyridine rings is 1. The summed E-state index contributed by atoms with van der Waals surface area (Å²) in [5.74, 6) is 0.0159. The second-order valence-electron chi connectivity index (χ2n) is 4.16. The zero-order chi connectivity index (χ0) is 13.7. The summed E-state index contributed by atoms with van der Waals surface area (Å²) in [5.41, 5.74) is 9.19. The highest BCUT2D eigenvalue weighted by atomic mass is 16.4. The van der Waals surface area contributed by atoms with Crippen LogP contribution in [0.2, 0.25) is 0 Å². The number of hydrogen-bond donors (Lipinski definition) is 3. The Morgan fingerprint density at radius 3 is 2.84 bits per heavy atom. The molecule has 0 aliphatic carbocycles. The average molecular weight is 256 g/mol. The molecule has 5 nitrogen and oxygen atoms in total. The maximum Gasteiger partial charge on any atom is 0.189 e. The van der Waals surface area contributed by atoms with E-state index < -0.39 is 0 Å². The lowest BCUT2D eigenvalue weighted by molar-refractivity contribution is 0.318. The van der Waals surface area contributed by atoms with Gasteiger partial charge in [-0.2, -0.15) is 0 Å². The summed E-state index contributed by atoms with van der Waals surface area (Å²) in [5, 5.41) is 15.1. The molecule has 0 aliphatic rings. The van der Waals surface area contributed by atoms with Gasteiger partial charge in [-0.3, -0.25) is 4.98 Å². The van der Waals surface area contributed by atoms with Crippen LogP contribution in [0.25, 0.3) is 0 Å². The van der Waals surface area contributed by atoms with Crippen molar-refractivity contribution < 1.29 is 5.21 Å². The summed E-state index contributed by atoms with van der Waals surface area (Å²) in [4.78, 5) is 4.13. The van der Waals surface area contributed by atoms with Gasteiger partial charge in [-0.15, -0.1) is 0 Å². The molecule has 0 bridgehead atoms. The van der Waals surface area contributed by atoms with Gasteiger partial charge in [-0.05, 0) is 24.6 Å². The highest BCUT2D eigenvalue weighted by Crippen LogP contribution is 2.15. The monoisotopic (exact) mass is 256 g/mol. The molecule has 1 aromatic carbocycles. The molecule has 5 heteroatoms. The van der Waals surface area contributed by atoms with E-state index in [9.17, 15) is 0 Å². The number of amidine groups is 1. The van der Waals surface area contributed by atoms with Gasteiger partial charge in [-0.1, -0.05) is 29.4 Å². The van der Waals surface area contributed by atoms with Crippen molar-refractivity contribution in [3.8, 4) is 0 Å². The SMILES string of the molecule is Cc1ccccc1NCc1cccnc1C(N)=NO. The number of nitrogens with zero attached hydrogens (tertiary/aromatic N) is 2. The molecule has 0 atom stereocenters. The Morgan fingerprint density at radius 2 is 2.11 bits per heavy atom. The lowest BCUT2D eigenvalue weighted by Gasteiger charge is -2.11. The van der Waals surface area contributed by atoms with Crippen molar-refractivity contribution in [2.45, 2.75) is 13.5 Å². The summed E-state index contributed by atoms with van der Waals surface area (Å²) < 4.78 is 0. The van der Waals surface area contributed by atoms with Gasteiger partial charge in [0, 0.05) is 24.0 Å². The van der Waals surface area contributed by atoms with E-state index in [0.717, 1.165) is 16.8 Å². The van der Waals surface area contributed by atoms with Crippen LogP contribution in [-0.4, -0.2) is 16.0 Å². The maximum absolute atomic E-state index is 8.74. The molecular formula is C14H16N4O. The predicted octanol–water partition coefficient (Wildman–Crippen LogP) is 2.10. The average Bonchev–Trinajstić information content (AvgIpc) is 2.46. The van der Waals surface area contributed by atoms with Crippen LogP contribution in [0.1, 0.15) is 16.8 Å². The van der Waals surface area contributed by atoms with Gasteiger partial charge < -0.3 is 16.3 Å². The quantitative estimate of drug-likeness (QED) is 0.338. The number of benzene rings is 1. The molecule has 0 saturated heterocycles. The van der Waals surface area contributed by atoms with Crippen molar-refractivity contribution in [3.63, 3.8) is 0 Å². The van der Waals surface area contributed by atoms with Crippen LogP contribution >= 0.6 is 0 Å². The molecule has 0 aliphatic heterocycles. The normalized spacial score (nSPS) is 11.3. The standard InChI is InChI=1S/C14H16N4O/c1-10-5-2-3-7-12(10)17-9-11-6-4-8-16-13(11)14(15)18-19/h2-8,17,19H,9H2,1H3,(H2,15,18). The van der Waals surface area contributed by atoms with Gasteiger partial charge in [0.05, 0.1) is 0 Å². The first-order valence-corrected chi connectivity index (χ1v) is 5.93. The maximum atomic E-state index is 8.74. The fourth-order valence-corrected chi connectivity index (χ4v) is 1.82. The van der Waals surface area contributed by atoms with E-state index in [1.807, 2.05) is 43.3 Å². The Balaban J connectivity index is 2.19. The zero-order valence-electron chi connectivity index (χ0n) is 10.7. The van der Waals surface area contributed by atoms with Crippen molar-refractivity contribution in [2.75, 3.05) is 5.32 Å². The minimum absolute atomic E-state index is 0.0159. The molecule has 2 aromatic rings. The first-order chi connectivity index (χ1) is 9.22. The van der Waals surface area contributed by atoms with Crippen molar-refractivity contribution >= 4 is 11.5 Å². The molecule has 2 rings (SSSR count). The number of nitrogens with one attached hydrogen (secondary N) is 1. The minimum Gasteiger partial charge on any atom is -0.409 e. The summed E-state index contributed by atoms with van der Waals surface area (Å²) in [6.07, 6.45) is 1.62. The van der Waals surface area contributed by atoms with Gasteiger partial charge in [0.1, 0.15) is 5.69 Å². The number of oxime groups is 1. The van der Waals surface area contributed by atoms with E-state index >= 15 is 0 Å². The minimum atomic E-state index is 0.0159. The molecule has 1 heterocycles. The summed E-state index contributed by atoms with van der Waals surface area (Å²) in [6.45, 7) is 2.60. The Kier molecular flexibility index (Phi) is 3.97. The number of anilines is 1. The third-order valence-corrected chi connectivity index (χ3v) is 2.86. The van der Waals surface area contributed by atoms with Crippen molar-refractivity contribution in [1.29, 1.82) is 0 Å². The number of nitrogens with two attached hydrogens (primary N) is 1. The topological polar surface area (TPSA) is 83.5 Å². The smallest absolute Gasteiger partial charge is 0.189 e. The van der Waals surface area contributed by atoms with Crippen LogP contribution in [0, 0.1) is 6.92 Å². The highest BCUT2D eigenvalue weighted by molar-refractivity contribution is 5.96. The van der Waals surface area contributed by atoms with Crippen LogP contribution in [0.5, 0.6) is 0 Å². The van der Waals surface area contributed by atoms with Gasteiger partial charge >= 0.3 is 0 Å². The molecule has 98 valence electrons. The molecule has 0 fully saturated rings. The van der Waals surface area contributed by atoms with E-state index in [2.05, 4.69) is 15.5 Å². The molecule has 0 saturated carbocycles. The Morgan fingerprint density at radius 1 is 1.32 bits per heavy atom. The van der Waals surface area contributed by atoms with Crippen LogP contribution in [0.15, 0.2) is 47.8 Å². The van der Waals surface area contributed by atoms with Crippen LogP contribution in [0.3, 0.4) is 0 Å². The van der Waals surface area contributed by atoms with E-state index in [0.29, 0.717) is 12.2 Å². The Labute approximate surface area is 111 Å². The number of hydrogen-bond acceptors (Lipinski definition) is 4. The third-order valence-electron chi connectivity index (χ3n) is 2.86. The van der Waals surface area contributed by atoms with Crippen LogP contribution < -0.4 is 11.1 Å². The first kappa shape index (κ1) is 12.9. The first-order valence-electron chi connectivity index (χ1n) is 5.93. The Hall–Kier alpha value is -2.56.